The zero-order valence-corrected chi connectivity index (χ0v) is 5.03. The second-order valence-corrected chi connectivity index (χ2v) is 1.00. The molecule has 0 amide bonds. The molecule has 1 rings (SSSR count). The minimum Gasteiger partial charge on any atom is -1.00 e. The van der Waals surface area contributed by atoms with Gasteiger partial charge in [-0.3, -0.25) is 6.08 Å². The molecule has 0 nitrogen and oxygen atoms in total. The Balaban J connectivity index is -0.0000000312. The molecule has 1 aliphatic carbocycles. The van der Waals surface area contributed by atoms with Crippen LogP contribution in [0.1, 0.15) is 10.7 Å². The van der Waals surface area contributed by atoms with Gasteiger partial charge in [0, 0.05) is 0 Å². The Morgan fingerprint density at radius 1 is 1.67 bits per heavy atom. The van der Waals surface area contributed by atoms with Gasteiger partial charge in [-0.25, -0.2) is 12.2 Å². The van der Waals surface area contributed by atoms with Crippen LogP contribution in [0.3, 0.4) is 0 Å². The average molecular weight is 169 g/mol. The molecule has 6 heavy (non-hydrogen) atoms. The number of rotatable bonds is 0. The van der Waals surface area contributed by atoms with Crippen LogP contribution in [0.5, 0.6) is 0 Å². The molecule has 1 aliphatic rings. The Hall–Kier alpha value is 0.103. The van der Waals surface area contributed by atoms with Crippen LogP contribution in [-0.2, 0) is 19.5 Å². The monoisotopic (exact) mass is 170 g/mol. The zero-order chi connectivity index (χ0) is 3.54. The second-order valence-electron chi connectivity index (χ2n) is 1.00. The molecule has 0 bridgehead atoms. The number of hydrogen-bond acceptors (Lipinski definition) is 0. The minimum atomic E-state index is 0. The standard InChI is InChI=1S/C5H5.Ru.3H/c1-2-4-5-3-1;;;;/h1-3H,4H2;;;;/q-1;+4;3*-1. The van der Waals surface area contributed by atoms with E-state index in [0.29, 0.717) is 0 Å². The van der Waals surface area contributed by atoms with Crippen molar-refractivity contribution in [2.45, 2.75) is 6.42 Å². The van der Waals surface area contributed by atoms with Crippen molar-refractivity contribution >= 4 is 0 Å². The predicted molar refractivity (Wildman–Crippen MR) is 24.9 cm³/mol. The van der Waals surface area contributed by atoms with Gasteiger partial charge in [0.25, 0.3) is 0 Å². The van der Waals surface area contributed by atoms with E-state index in [-0.39, 0.29) is 23.8 Å². The van der Waals surface area contributed by atoms with Crippen molar-refractivity contribution in [1.82, 2.24) is 0 Å². The molecular formula is C5H8Ru. The summed E-state index contributed by atoms with van der Waals surface area (Å²) in [5, 5.41) is 0. The molecule has 0 aromatic rings. The SMILES string of the molecule is [C-]1=CC=CC1.[H-].[H-].[H-].[Ru+4]. The summed E-state index contributed by atoms with van der Waals surface area (Å²) < 4.78 is 0. The molecule has 0 aromatic carbocycles. The Labute approximate surface area is 55.2 Å². The van der Waals surface area contributed by atoms with Crippen LogP contribution in [0.4, 0.5) is 0 Å². The predicted octanol–water partition coefficient (Wildman–Crippen LogP) is 1.64. The summed E-state index contributed by atoms with van der Waals surface area (Å²) in [5.74, 6) is 0. The summed E-state index contributed by atoms with van der Waals surface area (Å²) in [6, 6.07) is 0. The third-order valence-corrected chi connectivity index (χ3v) is 0.586. The molecule has 36 valence electrons. The van der Waals surface area contributed by atoms with E-state index in [1.165, 1.54) is 0 Å². The number of hydrogen-bond donors (Lipinski definition) is 0. The molecule has 0 saturated carbocycles. The number of allylic oxidation sites excluding steroid dienone is 4. The molecule has 0 aliphatic heterocycles. The van der Waals surface area contributed by atoms with Crippen molar-refractivity contribution in [2.75, 3.05) is 0 Å². The summed E-state index contributed by atoms with van der Waals surface area (Å²) >= 11 is 0. The van der Waals surface area contributed by atoms with E-state index >= 15 is 0 Å². The topological polar surface area (TPSA) is 0 Å². The van der Waals surface area contributed by atoms with Crippen LogP contribution in [0.15, 0.2) is 18.2 Å². The van der Waals surface area contributed by atoms with Gasteiger partial charge >= 0.3 is 19.5 Å². The molecule has 0 saturated heterocycles. The summed E-state index contributed by atoms with van der Waals surface area (Å²) in [4.78, 5) is 0. The van der Waals surface area contributed by atoms with Crippen molar-refractivity contribution < 1.29 is 23.8 Å². The average Bonchev–Trinajstić information content (AvgIpc) is 1.76. The van der Waals surface area contributed by atoms with Gasteiger partial charge in [-0.1, -0.05) is 0 Å². The van der Waals surface area contributed by atoms with Gasteiger partial charge in [0.1, 0.15) is 0 Å². The van der Waals surface area contributed by atoms with Gasteiger partial charge in [0.2, 0.25) is 0 Å². The van der Waals surface area contributed by atoms with E-state index in [4.69, 9.17) is 0 Å². The normalized spacial score (nSPS) is 14.7. The molecular weight excluding hydrogens is 161 g/mol. The third kappa shape index (κ3) is 1.52. The molecule has 1 heteroatoms. The van der Waals surface area contributed by atoms with E-state index in [1.54, 1.807) is 0 Å². The van der Waals surface area contributed by atoms with Crippen molar-refractivity contribution in [2.24, 2.45) is 0 Å². The van der Waals surface area contributed by atoms with Gasteiger partial charge in [-0.2, -0.15) is 6.08 Å². The fourth-order valence-corrected chi connectivity index (χ4v) is 0.340. The fraction of sp³-hybridized carbons (Fsp3) is 0.200. The van der Waals surface area contributed by atoms with Crippen LogP contribution in [0.25, 0.3) is 0 Å². The van der Waals surface area contributed by atoms with Crippen molar-refractivity contribution in [3.05, 3.63) is 24.3 Å². The molecule has 0 unspecified atom stereocenters. The molecule has 0 aromatic heterocycles. The van der Waals surface area contributed by atoms with E-state index in [2.05, 4.69) is 12.2 Å². The molecule has 0 spiro atoms. The van der Waals surface area contributed by atoms with Gasteiger partial charge < -0.3 is 4.28 Å². The molecule has 0 atom stereocenters. The van der Waals surface area contributed by atoms with Crippen LogP contribution in [0.2, 0.25) is 0 Å². The van der Waals surface area contributed by atoms with Crippen molar-refractivity contribution in [3.8, 4) is 0 Å². The smallest absolute Gasteiger partial charge is 1.00 e. The maximum absolute atomic E-state index is 2.99. The van der Waals surface area contributed by atoms with Gasteiger partial charge in [0.05, 0.1) is 0 Å². The van der Waals surface area contributed by atoms with Crippen LogP contribution >= 0.6 is 0 Å². The first-order valence-corrected chi connectivity index (χ1v) is 1.72. The van der Waals surface area contributed by atoms with E-state index < -0.39 is 0 Å². The van der Waals surface area contributed by atoms with Crippen LogP contribution in [-0.4, -0.2) is 0 Å². The largest absolute Gasteiger partial charge is 4.00 e. The van der Waals surface area contributed by atoms with Crippen LogP contribution in [0, 0.1) is 6.08 Å². The van der Waals surface area contributed by atoms with Gasteiger partial charge in [-0.15, -0.1) is 6.42 Å². The van der Waals surface area contributed by atoms with Crippen molar-refractivity contribution in [1.29, 1.82) is 0 Å². The summed E-state index contributed by atoms with van der Waals surface area (Å²) in [7, 11) is 0. The van der Waals surface area contributed by atoms with E-state index in [9.17, 15) is 0 Å². The van der Waals surface area contributed by atoms with Crippen molar-refractivity contribution in [3.63, 3.8) is 0 Å². The second kappa shape index (κ2) is 3.30. The maximum atomic E-state index is 2.99. The van der Waals surface area contributed by atoms with E-state index in [1.807, 2.05) is 12.2 Å². The Bertz CT molecular complexity index is 70.3. The Morgan fingerprint density at radius 3 is 2.67 bits per heavy atom. The minimum absolute atomic E-state index is 0. The fourth-order valence-electron chi connectivity index (χ4n) is 0.340. The Kier molecular flexibility index (Phi) is 3.36. The molecule has 0 heterocycles. The maximum Gasteiger partial charge on any atom is 4.00 e. The molecule has 0 N–H and O–H groups in total. The summed E-state index contributed by atoms with van der Waals surface area (Å²) in [5.41, 5.74) is 0. The van der Waals surface area contributed by atoms with E-state index in [0.717, 1.165) is 6.42 Å². The first-order chi connectivity index (χ1) is 2.50. The van der Waals surface area contributed by atoms with Gasteiger partial charge in [-0.05, 0) is 0 Å². The molecule has 0 radical (unpaired) electrons. The first kappa shape index (κ1) is 6.10. The summed E-state index contributed by atoms with van der Waals surface area (Å²) in [6.07, 6.45) is 10.0. The third-order valence-electron chi connectivity index (χ3n) is 0.586. The Morgan fingerprint density at radius 2 is 2.50 bits per heavy atom. The summed E-state index contributed by atoms with van der Waals surface area (Å²) in [6.45, 7) is 0. The molecule has 0 fully saturated rings. The first-order valence-electron chi connectivity index (χ1n) is 1.72. The zero-order valence-electron chi connectivity index (χ0n) is 6.29. The van der Waals surface area contributed by atoms with Gasteiger partial charge in [0.15, 0.2) is 0 Å². The quantitative estimate of drug-likeness (QED) is 0.382. The van der Waals surface area contributed by atoms with Crippen LogP contribution < -0.4 is 0 Å².